The SMILES string of the molecule is CC(CNCC1CC=CCC1)NC(=O)OC(C)(C)C. The Kier molecular flexibility index (Phi) is 6.35. The van der Waals surface area contributed by atoms with Gasteiger partial charge in [0.25, 0.3) is 0 Å². The first-order chi connectivity index (χ1) is 8.87. The average molecular weight is 268 g/mol. The van der Waals surface area contributed by atoms with Crippen LogP contribution in [0, 0.1) is 5.92 Å². The monoisotopic (exact) mass is 268 g/mol. The lowest BCUT2D eigenvalue weighted by Crippen LogP contribution is -2.43. The summed E-state index contributed by atoms with van der Waals surface area (Å²) >= 11 is 0. The zero-order valence-electron chi connectivity index (χ0n) is 12.7. The molecule has 0 aromatic heterocycles. The molecular formula is C15H28N2O2. The average Bonchev–Trinajstić information content (AvgIpc) is 2.27. The Hall–Kier alpha value is -1.03. The summed E-state index contributed by atoms with van der Waals surface area (Å²) < 4.78 is 5.22. The Morgan fingerprint density at radius 3 is 2.74 bits per heavy atom. The number of ether oxygens (including phenoxy) is 1. The molecule has 2 atom stereocenters. The first-order valence-corrected chi connectivity index (χ1v) is 7.22. The summed E-state index contributed by atoms with van der Waals surface area (Å²) in [7, 11) is 0. The van der Waals surface area contributed by atoms with E-state index in [9.17, 15) is 4.79 Å². The molecule has 1 aliphatic carbocycles. The lowest BCUT2D eigenvalue weighted by molar-refractivity contribution is 0.0508. The molecule has 0 bridgehead atoms. The van der Waals surface area contributed by atoms with Gasteiger partial charge in [-0.15, -0.1) is 0 Å². The van der Waals surface area contributed by atoms with Crippen molar-refractivity contribution in [2.75, 3.05) is 13.1 Å². The molecule has 1 amide bonds. The third kappa shape index (κ3) is 7.88. The van der Waals surface area contributed by atoms with Crippen LogP contribution in [0.5, 0.6) is 0 Å². The van der Waals surface area contributed by atoms with Crippen molar-refractivity contribution in [1.82, 2.24) is 10.6 Å². The van der Waals surface area contributed by atoms with Crippen molar-refractivity contribution in [3.8, 4) is 0 Å². The summed E-state index contributed by atoms with van der Waals surface area (Å²) in [6.45, 7) is 9.38. The molecule has 2 N–H and O–H groups in total. The summed E-state index contributed by atoms with van der Waals surface area (Å²) in [6, 6.07) is 0.0778. The number of alkyl carbamates (subject to hydrolysis) is 1. The lowest BCUT2D eigenvalue weighted by Gasteiger charge is -2.23. The van der Waals surface area contributed by atoms with E-state index in [1.165, 1.54) is 19.3 Å². The van der Waals surface area contributed by atoms with Gasteiger partial charge in [0, 0.05) is 12.6 Å². The van der Waals surface area contributed by atoms with Crippen molar-refractivity contribution in [2.45, 2.75) is 58.6 Å². The van der Waals surface area contributed by atoms with Gasteiger partial charge in [-0.3, -0.25) is 0 Å². The summed E-state index contributed by atoms with van der Waals surface area (Å²) in [6.07, 6.45) is 7.79. The van der Waals surface area contributed by atoms with E-state index in [1.807, 2.05) is 27.7 Å². The van der Waals surface area contributed by atoms with Crippen LogP contribution >= 0.6 is 0 Å². The number of carbonyl (C=O) groups excluding carboxylic acids is 1. The van der Waals surface area contributed by atoms with E-state index in [-0.39, 0.29) is 12.1 Å². The highest BCUT2D eigenvalue weighted by molar-refractivity contribution is 5.68. The fourth-order valence-electron chi connectivity index (χ4n) is 2.11. The van der Waals surface area contributed by atoms with E-state index in [0.29, 0.717) is 0 Å². The fourth-order valence-corrected chi connectivity index (χ4v) is 2.11. The molecule has 0 aromatic carbocycles. The smallest absolute Gasteiger partial charge is 0.407 e. The fraction of sp³-hybridized carbons (Fsp3) is 0.800. The van der Waals surface area contributed by atoms with Crippen LogP contribution in [0.4, 0.5) is 4.79 Å². The normalized spacial score (nSPS) is 20.9. The van der Waals surface area contributed by atoms with E-state index >= 15 is 0 Å². The summed E-state index contributed by atoms with van der Waals surface area (Å²) in [4.78, 5) is 11.6. The molecule has 110 valence electrons. The molecule has 0 fully saturated rings. The van der Waals surface area contributed by atoms with Crippen molar-refractivity contribution in [3.63, 3.8) is 0 Å². The molecule has 0 aromatic rings. The molecule has 0 saturated carbocycles. The van der Waals surface area contributed by atoms with Gasteiger partial charge in [-0.05, 0) is 59.4 Å². The van der Waals surface area contributed by atoms with Crippen LogP contribution in [0.3, 0.4) is 0 Å². The molecule has 1 aliphatic rings. The maximum absolute atomic E-state index is 11.6. The predicted molar refractivity (Wildman–Crippen MR) is 78.2 cm³/mol. The van der Waals surface area contributed by atoms with E-state index in [2.05, 4.69) is 22.8 Å². The van der Waals surface area contributed by atoms with Crippen LogP contribution in [-0.2, 0) is 4.74 Å². The lowest BCUT2D eigenvalue weighted by atomic mass is 9.94. The molecule has 0 spiro atoms. The van der Waals surface area contributed by atoms with Gasteiger partial charge in [-0.1, -0.05) is 12.2 Å². The van der Waals surface area contributed by atoms with Crippen molar-refractivity contribution in [3.05, 3.63) is 12.2 Å². The maximum Gasteiger partial charge on any atom is 0.407 e. The second-order valence-corrected chi connectivity index (χ2v) is 6.36. The van der Waals surface area contributed by atoms with Crippen molar-refractivity contribution in [1.29, 1.82) is 0 Å². The summed E-state index contributed by atoms with van der Waals surface area (Å²) in [5.41, 5.74) is -0.439. The maximum atomic E-state index is 11.6. The number of hydrogen-bond donors (Lipinski definition) is 2. The second kappa shape index (κ2) is 7.53. The van der Waals surface area contributed by atoms with Crippen LogP contribution in [0.15, 0.2) is 12.2 Å². The summed E-state index contributed by atoms with van der Waals surface area (Å²) in [5, 5.41) is 6.26. The Labute approximate surface area is 117 Å². The third-order valence-electron chi connectivity index (χ3n) is 3.02. The molecule has 0 heterocycles. The number of carbonyl (C=O) groups is 1. The molecule has 4 nitrogen and oxygen atoms in total. The summed E-state index contributed by atoms with van der Waals surface area (Å²) in [5.74, 6) is 0.735. The highest BCUT2D eigenvalue weighted by atomic mass is 16.6. The van der Waals surface area contributed by atoms with Crippen molar-refractivity contribution in [2.24, 2.45) is 5.92 Å². The number of rotatable bonds is 5. The highest BCUT2D eigenvalue weighted by Gasteiger charge is 2.17. The number of nitrogens with one attached hydrogen (secondary N) is 2. The Bertz CT molecular complexity index is 308. The van der Waals surface area contributed by atoms with Gasteiger partial charge in [0.2, 0.25) is 0 Å². The minimum atomic E-state index is -0.439. The topological polar surface area (TPSA) is 50.4 Å². The quantitative estimate of drug-likeness (QED) is 0.754. The van der Waals surface area contributed by atoms with Gasteiger partial charge in [-0.25, -0.2) is 4.79 Å². The predicted octanol–water partition coefficient (Wildman–Crippen LogP) is 2.85. The van der Waals surface area contributed by atoms with Crippen molar-refractivity contribution >= 4 is 6.09 Å². The Morgan fingerprint density at radius 2 is 2.16 bits per heavy atom. The second-order valence-electron chi connectivity index (χ2n) is 6.36. The van der Waals surface area contributed by atoms with Gasteiger partial charge in [0.05, 0.1) is 0 Å². The highest BCUT2D eigenvalue weighted by Crippen LogP contribution is 2.16. The third-order valence-corrected chi connectivity index (χ3v) is 3.02. The Balaban J connectivity index is 2.12. The van der Waals surface area contributed by atoms with Crippen LogP contribution in [0.1, 0.15) is 47.0 Å². The molecule has 0 saturated heterocycles. The zero-order valence-corrected chi connectivity index (χ0v) is 12.7. The van der Waals surface area contributed by atoms with Crippen LogP contribution in [-0.4, -0.2) is 30.8 Å². The van der Waals surface area contributed by atoms with E-state index in [1.54, 1.807) is 0 Å². The van der Waals surface area contributed by atoms with Gasteiger partial charge < -0.3 is 15.4 Å². The van der Waals surface area contributed by atoms with Crippen LogP contribution in [0.2, 0.25) is 0 Å². The number of hydrogen-bond acceptors (Lipinski definition) is 3. The minimum Gasteiger partial charge on any atom is -0.444 e. The minimum absolute atomic E-state index is 0.0778. The molecule has 19 heavy (non-hydrogen) atoms. The number of amides is 1. The first kappa shape index (κ1) is 16.0. The molecule has 0 radical (unpaired) electrons. The molecule has 2 unspecified atom stereocenters. The van der Waals surface area contributed by atoms with Crippen LogP contribution in [0.25, 0.3) is 0 Å². The molecule has 0 aliphatic heterocycles. The van der Waals surface area contributed by atoms with Gasteiger partial charge >= 0.3 is 6.09 Å². The van der Waals surface area contributed by atoms with E-state index in [4.69, 9.17) is 4.74 Å². The Morgan fingerprint density at radius 1 is 1.42 bits per heavy atom. The largest absolute Gasteiger partial charge is 0.444 e. The van der Waals surface area contributed by atoms with E-state index < -0.39 is 5.60 Å². The van der Waals surface area contributed by atoms with Gasteiger partial charge in [-0.2, -0.15) is 0 Å². The molecule has 1 rings (SSSR count). The molecular weight excluding hydrogens is 240 g/mol. The van der Waals surface area contributed by atoms with Gasteiger partial charge in [0.15, 0.2) is 0 Å². The van der Waals surface area contributed by atoms with E-state index in [0.717, 1.165) is 19.0 Å². The van der Waals surface area contributed by atoms with Gasteiger partial charge in [0.1, 0.15) is 5.60 Å². The van der Waals surface area contributed by atoms with Crippen LogP contribution < -0.4 is 10.6 Å². The first-order valence-electron chi connectivity index (χ1n) is 7.22. The zero-order chi connectivity index (χ0) is 14.3. The standard InChI is InChI=1S/C15H28N2O2/c1-12(17-14(18)19-15(2,3)4)10-16-11-13-8-6-5-7-9-13/h5-6,12-13,16H,7-11H2,1-4H3,(H,17,18). The van der Waals surface area contributed by atoms with Crippen molar-refractivity contribution < 1.29 is 9.53 Å². The molecule has 4 heteroatoms. The number of allylic oxidation sites excluding steroid dienone is 2.